The number of hydrogen-bond acceptors (Lipinski definition) is 6. The number of aliphatic carboxylic acids is 1. The molecule has 3 N–H and O–H groups in total. The molecule has 0 unspecified atom stereocenters. The quantitative estimate of drug-likeness (QED) is 0.546. The predicted octanol–water partition coefficient (Wildman–Crippen LogP) is 0.216. The van der Waals surface area contributed by atoms with E-state index in [-0.39, 0.29) is 24.4 Å². The lowest BCUT2D eigenvalue weighted by molar-refractivity contribution is -0.139. The summed E-state index contributed by atoms with van der Waals surface area (Å²) in [5.74, 6) is -1.31. The van der Waals surface area contributed by atoms with Gasteiger partial charge in [0, 0.05) is 12.1 Å². The number of amides is 1. The van der Waals surface area contributed by atoms with E-state index in [1.165, 1.54) is 24.3 Å². The van der Waals surface area contributed by atoms with Crippen LogP contribution < -0.4 is 15.4 Å². The van der Waals surface area contributed by atoms with Crippen molar-refractivity contribution in [2.45, 2.75) is 25.5 Å². The van der Waals surface area contributed by atoms with Crippen molar-refractivity contribution < 1.29 is 29.0 Å². The van der Waals surface area contributed by atoms with Crippen LogP contribution in [0.5, 0.6) is 5.75 Å². The second-order valence-corrected chi connectivity index (χ2v) is 5.79. The monoisotopic (exact) mass is 350 g/mol. The normalized spacial score (nSPS) is 17.7. The third-order valence-corrected chi connectivity index (χ3v) is 3.74. The first-order valence-electron chi connectivity index (χ1n) is 8.06. The fraction of sp³-hybridized carbons (Fsp3) is 0.471. The van der Waals surface area contributed by atoms with Crippen molar-refractivity contribution in [1.29, 1.82) is 0 Å². The van der Waals surface area contributed by atoms with Crippen LogP contribution in [0.25, 0.3) is 0 Å². The van der Waals surface area contributed by atoms with Gasteiger partial charge in [-0.15, -0.1) is 0 Å². The molecule has 8 heteroatoms. The van der Waals surface area contributed by atoms with E-state index in [9.17, 15) is 14.4 Å². The number of carbonyl (C=O) groups is 3. The summed E-state index contributed by atoms with van der Waals surface area (Å²) < 4.78 is 10.5. The third-order valence-electron chi connectivity index (χ3n) is 3.74. The first-order chi connectivity index (χ1) is 12.0. The molecule has 0 bridgehead atoms. The number of rotatable bonds is 9. The number of carboxylic acids is 1. The Labute approximate surface area is 145 Å². The molecule has 0 aliphatic carbocycles. The molecule has 1 saturated heterocycles. The third kappa shape index (κ3) is 6.17. The van der Waals surface area contributed by atoms with Crippen LogP contribution >= 0.6 is 0 Å². The standard InChI is InChI=1S/C17H22N2O6/c1-11(19-15(20)9-24-14-6-7-18-8-14)17(23)12-2-4-13(5-3-12)25-10-16(21)22/h2-5,11,14,18H,6-10H2,1H3,(H,19,20)(H,21,22)/t11-,14+/m0/s1. The average Bonchev–Trinajstić information content (AvgIpc) is 3.11. The van der Waals surface area contributed by atoms with E-state index in [1.54, 1.807) is 6.92 Å². The fourth-order valence-electron chi connectivity index (χ4n) is 2.42. The van der Waals surface area contributed by atoms with E-state index >= 15 is 0 Å². The molecule has 2 atom stereocenters. The smallest absolute Gasteiger partial charge is 0.341 e. The Balaban J connectivity index is 1.79. The van der Waals surface area contributed by atoms with Gasteiger partial charge in [-0.05, 0) is 44.2 Å². The minimum absolute atomic E-state index is 0.0371. The molecule has 0 radical (unpaired) electrons. The first-order valence-corrected chi connectivity index (χ1v) is 8.06. The molecule has 25 heavy (non-hydrogen) atoms. The fourth-order valence-corrected chi connectivity index (χ4v) is 2.42. The number of Topliss-reactive ketones (excluding diaryl/α,β-unsaturated/α-hetero) is 1. The van der Waals surface area contributed by atoms with Gasteiger partial charge in [0.25, 0.3) is 0 Å². The predicted molar refractivity (Wildman–Crippen MR) is 88.7 cm³/mol. The van der Waals surface area contributed by atoms with Crippen LogP contribution in [0.4, 0.5) is 0 Å². The largest absolute Gasteiger partial charge is 0.482 e. The molecule has 2 rings (SSSR count). The van der Waals surface area contributed by atoms with Crippen molar-refractivity contribution in [3.05, 3.63) is 29.8 Å². The molecule has 8 nitrogen and oxygen atoms in total. The van der Waals surface area contributed by atoms with Crippen LogP contribution in [0.15, 0.2) is 24.3 Å². The van der Waals surface area contributed by atoms with Crippen molar-refractivity contribution in [1.82, 2.24) is 10.6 Å². The zero-order valence-electron chi connectivity index (χ0n) is 14.0. The van der Waals surface area contributed by atoms with Gasteiger partial charge >= 0.3 is 5.97 Å². The summed E-state index contributed by atoms with van der Waals surface area (Å²) in [6.45, 7) is 2.69. The van der Waals surface area contributed by atoms with Gasteiger partial charge in [-0.2, -0.15) is 0 Å². The highest BCUT2D eigenvalue weighted by atomic mass is 16.5. The summed E-state index contributed by atoms with van der Waals surface area (Å²) in [4.78, 5) is 34.6. The van der Waals surface area contributed by atoms with Gasteiger partial charge in [-0.1, -0.05) is 0 Å². The summed E-state index contributed by atoms with van der Waals surface area (Å²) in [6.07, 6.45) is 0.910. The number of benzene rings is 1. The number of ether oxygens (including phenoxy) is 2. The summed E-state index contributed by atoms with van der Waals surface area (Å²) in [5, 5.41) is 14.3. The Kier molecular flexibility index (Phi) is 6.91. The van der Waals surface area contributed by atoms with Crippen molar-refractivity contribution >= 4 is 17.7 Å². The second kappa shape index (κ2) is 9.14. The summed E-state index contributed by atoms with van der Waals surface area (Å²) in [7, 11) is 0. The molecule has 1 heterocycles. The van der Waals surface area contributed by atoms with E-state index in [0.29, 0.717) is 11.3 Å². The molecule has 0 aromatic heterocycles. The molecule has 1 aliphatic rings. The summed E-state index contributed by atoms with van der Waals surface area (Å²) in [5.41, 5.74) is 0.399. The van der Waals surface area contributed by atoms with Crippen LogP contribution in [0, 0.1) is 0 Å². The van der Waals surface area contributed by atoms with E-state index in [0.717, 1.165) is 19.5 Å². The maximum absolute atomic E-state index is 12.3. The lowest BCUT2D eigenvalue weighted by Crippen LogP contribution is -2.41. The maximum atomic E-state index is 12.3. The minimum Gasteiger partial charge on any atom is -0.482 e. The highest BCUT2D eigenvalue weighted by Gasteiger charge is 2.20. The topological polar surface area (TPSA) is 114 Å². The number of carbonyl (C=O) groups excluding carboxylic acids is 2. The Morgan fingerprint density at radius 1 is 1.28 bits per heavy atom. The number of nitrogens with one attached hydrogen (secondary N) is 2. The van der Waals surface area contributed by atoms with Crippen LogP contribution in [-0.4, -0.2) is 61.2 Å². The van der Waals surface area contributed by atoms with Crippen LogP contribution in [-0.2, 0) is 14.3 Å². The molecule has 0 spiro atoms. The highest BCUT2D eigenvalue weighted by Crippen LogP contribution is 2.13. The van der Waals surface area contributed by atoms with Gasteiger partial charge in [-0.25, -0.2) is 4.79 Å². The second-order valence-electron chi connectivity index (χ2n) is 5.79. The molecule has 1 aromatic carbocycles. The molecule has 136 valence electrons. The zero-order chi connectivity index (χ0) is 18.2. The Hall–Kier alpha value is -2.45. The molecular weight excluding hydrogens is 328 g/mol. The van der Waals surface area contributed by atoms with Crippen LogP contribution in [0.2, 0.25) is 0 Å². The minimum atomic E-state index is -1.08. The molecule has 1 fully saturated rings. The zero-order valence-corrected chi connectivity index (χ0v) is 14.0. The van der Waals surface area contributed by atoms with E-state index in [1.807, 2.05) is 0 Å². The van der Waals surface area contributed by atoms with Gasteiger partial charge in [-0.3, -0.25) is 9.59 Å². The molecule has 1 aliphatic heterocycles. The lowest BCUT2D eigenvalue weighted by Gasteiger charge is -2.15. The van der Waals surface area contributed by atoms with Gasteiger partial charge < -0.3 is 25.2 Å². The Bertz CT molecular complexity index is 610. The molecule has 0 saturated carbocycles. The van der Waals surface area contributed by atoms with Gasteiger partial charge in [0.2, 0.25) is 5.91 Å². The molecule has 1 aromatic rings. The molecule has 1 amide bonds. The van der Waals surface area contributed by atoms with Crippen molar-refractivity contribution in [2.75, 3.05) is 26.3 Å². The van der Waals surface area contributed by atoms with Gasteiger partial charge in [0.1, 0.15) is 12.4 Å². The first kappa shape index (κ1) is 18.9. The maximum Gasteiger partial charge on any atom is 0.341 e. The van der Waals surface area contributed by atoms with Crippen LogP contribution in [0.3, 0.4) is 0 Å². The van der Waals surface area contributed by atoms with E-state index in [4.69, 9.17) is 14.6 Å². The van der Waals surface area contributed by atoms with Crippen molar-refractivity contribution in [2.24, 2.45) is 0 Å². The molecular formula is C17H22N2O6. The Morgan fingerprint density at radius 2 is 2.00 bits per heavy atom. The number of carboxylic acid groups (broad SMARTS) is 1. The summed E-state index contributed by atoms with van der Waals surface area (Å²) in [6, 6.07) is 5.40. The van der Waals surface area contributed by atoms with Crippen molar-refractivity contribution in [3.63, 3.8) is 0 Å². The van der Waals surface area contributed by atoms with Gasteiger partial charge in [0.05, 0.1) is 12.1 Å². The van der Waals surface area contributed by atoms with Gasteiger partial charge in [0.15, 0.2) is 12.4 Å². The Morgan fingerprint density at radius 3 is 2.60 bits per heavy atom. The van der Waals surface area contributed by atoms with E-state index in [2.05, 4.69) is 10.6 Å². The highest BCUT2D eigenvalue weighted by molar-refractivity contribution is 6.01. The number of ketones is 1. The van der Waals surface area contributed by atoms with Crippen LogP contribution in [0.1, 0.15) is 23.7 Å². The van der Waals surface area contributed by atoms with E-state index < -0.39 is 18.6 Å². The lowest BCUT2D eigenvalue weighted by atomic mass is 10.1. The number of hydrogen-bond donors (Lipinski definition) is 3. The SMILES string of the molecule is C[C@H](NC(=O)CO[C@@H]1CCNC1)C(=O)c1ccc(OCC(=O)O)cc1. The summed E-state index contributed by atoms with van der Waals surface area (Å²) >= 11 is 0. The average molecular weight is 350 g/mol. The van der Waals surface area contributed by atoms with Crippen molar-refractivity contribution in [3.8, 4) is 5.75 Å².